The Morgan fingerprint density at radius 3 is 2.43 bits per heavy atom. The van der Waals surface area contributed by atoms with Gasteiger partial charge in [-0.3, -0.25) is 4.79 Å². The van der Waals surface area contributed by atoms with Crippen LogP contribution in [0.25, 0.3) is 0 Å². The molecular formula is C14H12F4N2O3. The summed E-state index contributed by atoms with van der Waals surface area (Å²) in [6, 6.07) is 5.12. The minimum absolute atomic E-state index is 0.338. The van der Waals surface area contributed by atoms with Gasteiger partial charge in [0.2, 0.25) is 0 Å². The van der Waals surface area contributed by atoms with Gasteiger partial charge in [0.1, 0.15) is 5.82 Å². The molecule has 0 unspecified atom stereocenters. The Balaban J connectivity index is 2.02. The summed E-state index contributed by atoms with van der Waals surface area (Å²) in [6.07, 6.45) is -4.66. The van der Waals surface area contributed by atoms with Crippen molar-refractivity contribution in [2.75, 3.05) is 18.6 Å². The Morgan fingerprint density at radius 1 is 1.30 bits per heavy atom. The predicted molar refractivity (Wildman–Crippen MR) is 71.5 cm³/mol. The van der Waals surface area contributed by atoms with Crippen molar-refractivity contribution in [3.8, 4) is 5.95 Å². The molecule has 0 aliphatic heterocycles. The number of anilines is 1. The number of alkyl halides is 3. The molecule has 9 heteroatoms. The second-order valence-corrected chi connectivity index (χ2v) is 4.66. The van der Waals surface area contributed by atoms with Gasteiger partial charge in [0.05, 0.1) is 5.56 Å². The molecule has 0 bridgehead atoms. The Hall–Kier alpha value is -2.58. The molecule has 0 atom stereocenters. The van der Waals surface area contributed by atoms with E-state index in [1.807, 2.05) is 0 Å². The monoisotopic (exact) mass is 332 g/mol. The van der Waals surface area contributed by atoms with Crippen LogP contribution in [-0.2, 0) is 11.0 Å². The van der Waals surface area contributed by atoms with E-state index in [2.05, 4.69) is 9.68 Å². The Labute approximate surface area is 128 Å². The molecule has 23 heavy (non-hydrogen) atoms. The molecule has 2 rings (SSSR count). The van der Waals surface area contributed by atoms with Crippen LogP contribution in [0.1, 0.15) is 11.3 Å². The summed E-state index contributed by atoms with van der Waals surface area (Å²) in [4.78, 5) is 13.1. The number of benzene rings is 1. The number of aromatic nitrogens is 1. The summed E-state index contributed by atoms with van der Waals surface area (Å²) < 4.78 is 59.9. The number of hydrogen-bond acceptors (Lipinski definition) is 4. The van der Waals surface area contributed by atoms with Crippen LogP contribution in [0.15, 0.2) is 28.8 Å². The molecule has 1 heterocycles. The van der Waals surface area contributed by atoms with E-state index < -0.39 is 36.1 Å². The van der Waals surface area contributed by atoms with Gasteiger partial charge in [0.15, 0.2) is 12.3 Å². The number of halogens is 4. The molecule has 0 fully saturated rings. The first-order chi connectivity index (χ1) is 10.7. The summed E-state index contributed by atoms with van der Waals surface area (Å²) in [6.45, 7) is 0.573. The number of hydrogen-bond donors (Lipinski definition) is 0. The van der Waals surface area contributed by atoms with Gasteiger partial charge in [-0.2, -0.15) is 13.2 Å². The molecule has 0 radical (unpaired) electrons. The maximum atomic E-state index is 12.8. The summed E-state index contributed by atoms with van der Waals surface area (Å²) >= 11 is 0. The van der Waals surface area contributed by atoms with Gasteiger partial charge in [0, 0.05) is 12.7 Å². The average molecular weight is 332 g/mol. The van der Waals surface area contributed by atoms with Crippen LogP contribution in [-0.4, -0.2) is 24.7 Å². The summed E-state index contributed by atoms with van der Waals surface area (Å²) in [5, 5.41) is 2.89. The molecule has 2 aromatic rings. The molecule has 124 valence electrons. The van der Waals surface area contributed by atoms with Crippen molar-refractivity contribution in [2.24, 2.45) is 0 Å². The molecule has 0 spiro atoms. The minimum atomic E-state index is -4.66. The van der Waals surface area contributed by atoms with Gasteiger partial charge >= 0.3 is 12.1 Å². The largest absolute Gasteiger partial charge is 0.453 e. The van der Waals surface area contributed by atoms with Crippen molar-refractivity contribution in [3.63, 3.8) is 0 Å². The highest BCUT2D eigenvalue weighted by atomic mass is 19.4. The third kappa shape index (κ3) is 3.79. The van der Waals surface area contributed by atoms with E-state index >= 15 is 0 Å². The molecule has 1 aromatic carbocycles. The second-order valence-electron chi connectivity index (χ2n) is 4.66. The number of ether oxygens (including phenoxy) is 1. The average Bonchev–Trinajstić information content (AvgIpc) is 2.86. The molecule has 0 saturated carbocycles. The third-order valence-corrected chi connectivity index (χ3v) is 3.06. The normalized spacial score (nSPS) is 11.4. The summed E-state index contributed by atoms with van der Waals surface area (Å²) in [7, 11) is 1.42. The molecular weight excluding hydrogens is 320 g/mol. The lowest BCUT2D eigenvalue weighted by Crippen LogP contribution is -2.31. The van der Waals surface area contributed by atoms with Gasteiger partial charge in [-0.1, -0.05) is 5.16 Å². The number of carbonyl (C=O) groups excluding carboxylic acids is 1. The van der Waals surface area contributed by atoms with Gasteiger partial charge in [0.25, 0.3) is 5.91 Å². The maximum Gasteiger partial charge on any atom is 0.437 e. The summed E-state index contributed by atoms with van der Waals surface area (Å²) in [5.74, 6) is -1.48. The van der Waals surface area contributed by atoms with Gasteiger partial charge in [-0.15, -0.1) is 0 Å². The van der Waals surface area contributed by atoms with E-state index in [0.717, 1.165) is 6.92 Å². The fourth-order valence-electron chi connectivity index (χ4n) is 1.75. The zero-order chi connectivity index (χ0) is 17.2. The first kappa shape index (κ1) is 16.8. The van der Waals surface area contributed by atoms with Crippen LogP contribution in [0.2, 0.25) is 0 Å². The predicted octanol–water partition coefficient (Wildman–Crippen LogP) is 3.18. The SMILES string of the molecule is Cc1c(C(F)(F)F)noc1OCC(=O)N(C)c1ccc(F)cc1. The first-order valence-electron chi connectivity index (χ1n) is 6.38. The highest BCUT2D eigenvalue weighted by molar-refractivity contribution is 5.93. The number of rotatable bonds is 4. The Kier molecular flexibility index (Phi) is 4.57. The van der Waals surface area contributed by atoms with Crippen LogP contribution in [0, 0.1) is 12.7 Å². The van der Waals surface area contributed by atoms with E-state index in [0.29, 0.717) is 5.69 Å². The van der Waals surface area contributed by atoms with Crippen LogP contribution < -0.4 is 9.64 Å². The van der Waals surface area contributed by atoms with Crippen molar-refractivity contribution in [1.29, 1.82) is 0 Å². The highest BCUT2D eigenvalue weighted by Crippen LogP contribution is 2.34. The first-order valence-corrected chi connectivity index (χ1v) is 6.38. The lowest BCUT2D eigenvalue weighted by atomic mass is 10.2. The molecule has 1 aromatic heterocycles. The van der Waals surface area contributed by atoms with Crippen molar-refractivity contribution >= 4 is 11.6 Å². The molecule has 0 aliphatic rings. The smallest absolute Gasteiger partial charge is 0.437 e. The molecule has 0 N–H and O–H groups in total. The van der Waals surface area contributed by atoms with Crippen LogP contribution in [0.3, 0.4) is 0 Å². The molecule has 5 nitrogen and oxygen atoms in total. The molecule has 0 saturated heterocycles. The van der Waals surface area contributed by atoms with Crippen LogP contribution in [0.5, 0.6) is 5.95 Å². The number of carbonyl (C=O) groups is 1. The van der Waals surface area contributed by atoms with Gasteiger partial charge in [-0.25, -0.2) is 4.39 Å². The van der Waals surface area contributed by atoms with E-state index in [1.165, 1.54) is 36.2 Å². The quantitative estimate of drug-likeness (QED) is 0.807. The van der Waals surface area contributed by atoms with E-state index in [-0.39, 0.29) is 5.56 Å². The highest BCUT2D eigenvalue weighted by Gasteiger charge is 2.38. The summed E-state index contributed by atoms with van der Waals surface area (Å²) in [5.41, 5.74) is -1.13. The van der Waals surface area contributed by atoms with Crippen molar-refractivity contribution in [3.05, 3.63) is 41.3 Å². The van der Waals surface area contributed by atoms with Crippen LogP contribution >= 0.6 is 0 Å². The van der Waals surface area contributed by atoms with Gasteiger partial charge < -0.3 is 14.2 Å². The fraction of sp³-hybridized carbons (Fsp3) is 0.286. The molecule has 0 aliphatic carbocycles. The number of nitrogens with zero attached hydrogens (tertiary/aromatic N) is 2. The van der Waals surface area contributed by atoms with Gasteiger partial charge in [-0.05, 0) is 31.2 Å². The zero-order valence-electron chi connectivity index (χ0n) is 12.1. The topological polar surface area (TPSA) is 55.6 Å². The number of likely N-dealkylation sites (N-methyl/N-ethyl adjacent to an activating group) is 1. The third-order valence-electron chi connectivity index (χ3n) is 3.06. The minimum Gasteiger partial charge on any atom is -0.453 e. The van der Waals surface area contributed by atoms with Crippen molar-refractivity contribution in [1.82, 2.24) is 5.16 Å². The van der Waals surface area contributed by atoms with E-state index in [4.69, 9.17) is 4.74 Å². The lowest BCUT2D eigenvalue weighted by Gasteiger charge is -2.17. The zero-order valence-corrected chi connectivity index (χ0v) is 12.1. The fourth-order valence-corrected chi connectivity index (χ4v) is 1.75. The Morgan fingerprint density at radius 2 is 1.91 bits per heavy atom. The van der Waals surface area contributed by atoms with E-state index in [9.17, 15) is 22.4 Å². The van der Waals surface area contributed by atoms with Crippen molar-refractivity contribution in [2.45, 2.75) is 13.1 Å². The maximum absolute atomic E-state index is 12.8. The molecule has 1 amide bonds. The second kappa shape index (κ2) is 6.27. The van der Waals surface area contributed by atoms with Crippen molar-refractivity contribution < 1.29 is 31.6 Å². The van der Waals surface area contributed by atoms with Crippen LogP contribution in [0.4, 0.5) is 23.2 Å². The standard InChI is InChI=1S/C14H12F4N2O3/c1-8-12(14(16,17)18)19-23-13(8)22-7-11(21)20(2)10-5-3-9(15)4-6-10/h3-6H,7H2,1-2H3. The lowest BCUT2D eigenvalue weighted by molar-refractivity contribution is -0.143. The number of amides is 1. The Bertz CT molecular complexity index is 695. The van der Waals surface area contributed by atoms with E-state index in [1.54, 1.807) is 0 Å².